The van der Waals surface area contributed by atoms with Crippen LogP contribution in [0.4, 0.5) is 0 Å². The molecule has 0 bridgehead atoms. The Morgan fingerprint density at radius 1 is 0.328 bits per heavy atom. The van der Waals surface area contributed by atoms with E-state index in [0.29, 0.717) is 19.3 Å². The maximum absolute atomic E-state index is 12.8. The van der Waals surface area contributed by atoms with Crippen LogP contribution >= 0.6 is 0 Å². The Bertz CT molecular complexity index is 1210. The Hall–Kier alpha value is -3.15. The summed E-state index contributed by atoms with van der Waals surface area (Å²) in [5.74, 6) is -0.979. The van der Waals surface area contributed by atoms with Gasteiger partial charge in [-0.3, -0.25) is 14.4 Å². The van der Waals surface area contributed by atoms with Crippen LogP contribution in [0, 0.1) is 0 Å². The molecule has 0 aromatic heterocycles. The summed E-state index contributed by atoms with van der Waals surface area (Å²) in [5.41, 5.74) is 0. The third-order valence-electron chi connectivity index (χ3n) is 11.6. The van der Waals surface area contributed by atoms with Crippen LogP contribution in [0.2, 0.25) is 0 Å². The van der Waals surface area contributed by atoms with Crippen LogP contribution in [-0.2, 0) is 28.6 Å². The molecule has 0 aliphatic heterocycles. The summed E-state index contributed by atoms with van der Waals surface area (Å²) in [7, 11) is 0. The monoisotopic (exact) mass is 893 g/mol. The van der Waals surface area contributed by atoms with Gasteiger partial charge in [-0.2, -0.15) is 0 Å². The van der Waals surface area contributed by atoms with Crippen LogP contribution in [0.15, 0.2) is 72.9 Å². The van der Waals surface area contributed by atoms with Crippen molar-refractivity contribution in [3.8, 4) is 0 Å². The van der Waals surface area contributed by atoms with Crippen molar-refractivity contribution < 1.29 is 28.6 Å². The number of unbranched alkanes of at least 4 members (excludes halogenated alkanes) is 29. The van der Waals surface area contributed by atoms with Crippen molar-refractivity contribution in [3.63, 3.8) is 0 Å². The third-order valence-corrected chi connectivity index (χ3v) is 11.6. The van der Waals surface area contributed by atoms with Crippen LogP contribution in [0.3, 0.4) is 0 Å². The van der Waals surface area contributed by atoms with Gasteiger partial charge >= 0.3 is 17.9 Å². The van der Waals surface area contributed by atoms with E-state index in [0.717, 1.165) is 64.2 Å². The van der Waals surface area contributed by atoms with E-state index in [1.165, 1.54) is 148 Å². The van der Waals surface area contributed by atoms with Crippen molar-refractivity contribution in [1.82, 2.24) is 0 Å². The highest BCUT2D eigenvalue weighted by Gasteiger charge is 2.19. The van der Waals surface area contributed by atoms with Gasteiger partial charge in [0.1, 0.15) is 13.2 Å². The average Bonchev–Trinajstić information content (AvgIpc) is 3.29. The van der Waals surface area contributed by atoms with Crippen LogP contribution in [0.1, 0.15) is 258 Å². The van der Waals surface area contributed by atoms with Crippen molar-refractivity contribution in [2.75, 3.05) is 13.2 Å². The van der Waals surface area contributed by atoms with Crippen molar-refractivity contribution in [3.05, 3.63) is 72.9 Å². The lowest BCUT2D eigenvalue weighted by molar-refractivity contribution is -0.167. The zero-order valence-electron chi connectivity index (χ0n) is 42.0. The SMILES string of the molecule is CC/C=C/C=C/C=C/C=C/C=C/CCCC(=O)OCC(COC(=O)CCCCCCCCCCCCCCCCCCC)OC(=O)CCCCCCC/C=C/CCCCCCCCC. The van der Waals surface area contributed by atoms with E-state index in [9.17, 15) is 14.4 Å². The summed E-state index contributed by atoms with van der Waals surface area (Å²) in [6.45, 7) is 6.44. The standard InChI is InChI=1S/C58H100O6/c1-4-7-10-13-16-19-22-25-27-29-31-33-36-39-42-45-48-51-57(60)63-54-55(53-62-56(59)50-47-44-41-38-35-32-24-21-18-15-12-9-6-3)64-58(61)52-49-46-43-40-37-34-30-28-26-23-20-17-14-11-8-5-2/h9,12,15,18,21,24,28,30,32,35,38,41,55H,4-8,10-11,13-14,16-17,19-20,22-23,25-27,29,31,33-34,36-37,39-40,42-54H2,1-3H3/b12-9+,18-15+,24-21+,30-28+,35-32+,41-38+. The first kappa shape index (κ1) is 60.9. The predicted octanol–water partition coefficient (Wildman–Crippen LogP) is 17.8. The number of allylic oxidation sites excluding steroid dienone is 12. The minimum absolute atomic E-state index is 0.0992. The summed E-state index contributed by atoms with van der Waals surface area (Å²) in [4.78, 5) is 38.0. The molecule has 0 aromatic rings. The van der Waals surface area contributed by atoms with E-state index >= 15 is 0 Å². The lowest BCUT2D eigenvalue weighted by Gasteiger charge is -2.18. The summed E-state index contributed by atoms with van der Waals surface area (Å²) in [5, 5.41) is 0. The van der Waals surface area contributed by atoms with Gasteiger partial charge in [-0.1, -0.05) is 254 Å². The second kappa shape index (κ2) is 52.5. The number of carbonyl (C=O) groups is 3. The number of esters is 3. The highest BCUT2D eigenvalue weighted by Crippen LogP contribution is 2.16. The molecular formula is C58H100O6. The van der Waals surface area contributed by atoms with Gasteiger partial charge in [0, 0.05) is 19.3 Å². The molecule has 0 aliphatic rings. The van der Waals surface area contributed by atoms with E-state index in [1.54, 1.807) is 0 Å². The van der Waals surface area contributed by atoms with Crippen molar-refractivity contribution in [2.45, 2.75) is 264 Å². The van der Waals surface area contributed by atoms with Gasteiger partial charge in [0.25, 0.3) is 0 Å². The van der Waals surface area contributed by atoms with Crippen LogP contribution in [-0.4, -0.2) is 37.2 Å². The Morgan fingerprint density at radius 3 is 1.05 bits per heavy atom. The molecule has 0 saturated heterocycles. The molecule has 64 heavy (non-hydrogen) atoms. The normalized spacial score (nSPS) is 12.6. The Labute approximate surface area is 395 Å². The summed E-state index contributed by atoms with van der Waals surface area (Å²) < 4.78 is 16.8. The Balaban J connectivity index is 4.44. The highest BCUT2D eigenvalue weighted by molar-refractivity contribution is 5.71. The summed E-state index contributed by atoms with van der Waals surface area (Å²) in [6.07, 6.45) is 66.1. The van der Waals surface area contributed by atoms with Gasteiger partial charge < -0.3 is 14.2 Å². The van der Waals surface area contributed by atoms with Gasteiger partial charge in [-0.15, -0.1) is 0 Å². The summed E-state index contributed by atoms with van der Waals surface area (Å²) >= 11 is 0. The minimum atomic E-state index is -0.806. The fourth-order valence-corrected chi connectivity index (χ4v) is 7.53. The van der Waals surface area contributed by atoms with E-state index in [4.69, 9.17) is 14.2 Å². The molecule has 0 rings (SSSR count). The molecule has 0 radical (unpaired) electrons. The average molecular weight is 893 g/mol. The van der Waals surface area contributed by atoms with Gasteiger partial charge in [-0.05, 0) is 57.8 Å². The molecule has 1 unspecified atom stereocenters. The van der Waals surface area contributed by atoms with Gasteiger partial charge in [0.2, 0.25) is 0 Å². The second-order valence-corrected chi connectivity index (χ2v) is 17.9. The van der Waals surface area contributed by atoms with Crippen LogP contribution in [0.5, 0.6) is 0 Å². The number of hydrogen-bond acceptors (Lipinski definition) is 6. The summed E-state index contributed by atoms with van der Waals surface area (Å²) in [6, 6.07) is 0. The highest BCUT2D eigenvalue weighted by atomic mass is 16.6. The molecule has 0 fully saturated rings. The second-order valence-electron chi connectivity index (χ2n) is 17.9. The minimum Gasteiger partial charge on any atom is -0.462 e. The molecule has 0 amide bonds. The number of carbonyl (C=O) groups excluding carboxylic acids is 3. The van der Waals surface area contributed by atoms with E-state index in [-0.39, 0.29) is 37.5 Å². The lowest BCUT2D eigenvalue weighted by Crippen LogP contribution is -2.30. The maximum Gasteiger partial charge on any atom is 0.306 e. The molecule has 6 nitrogen and oxygen atoms in total. The molecule has 368 valence electrons. The zero-order chi connectivity index (χ0) is 46.5. The fourth-order valence-electron chi connectivity index (χ4n) is 7.53. The topological polar surface area (TPSA) is 78.9 Å². The van der Waals surface area contributed by atoms with E-state index < -0.39 is 6.10 Å². The molecule has 1 atom stereocenters. The lowest BCUT2D eigenvalue weighted by atomic mass is 10.0. The smallest absolute Gasteiger partial charge is 0.306 e. The van der Waals surface area contributed by atoms with Crippen molar-refractivity contribution in [1.29, 1.82) is 0 Å². The van der Waals surface area contributed by atoms with Crippen LogP contribution < -0.4 is 0 Å². The van der Waals surface area contributed by atoms with E-state index in [2.05, 4.69) is 39.0 Å². The molecule has 6 heteroatoms. The first-order chi connectivity index (χ1) is 31.5. The molecule has 0 aliphatic carbocycles. The van der Waals surface area contributed by atoms with Gasteiger partial charge in [-0.25, -0.2) is 0 Å². The molecule has 0 saturated carbocycles. The maximum atomic E-state index is 12.8. The predicted molar refractivity (Wildman–Crippen MR) is 274 cm³/mol. The van der Waals surface area contributed by atoms with Gasteiger partial charge in [0.05, 0.1) is 0 Å². The number of rotatable bonds is 48. The quantitative estimate of drug-likeness (QED) is 0.0199. The third kappa shape index (κ3) is 49.9. The Kier molecular flexibility index (Phi) is 49.9. The zero-order valence-corrected chi connectivity index (χ0v) is 42.0. The van der Waals surface area contributed by atoms with Crippen molar-refractivity contribution >= 4 is 17.9 Å². The van der Waals surface area contributed by atoms with Gasteiger partial charge in [0.15, 0.2) is 6.10 Å². The van der Waals surface area contributed by atoms with Crippen LogP contribution in [0.25, 0.3) is 0 Å². The van der Waals surface area contributed by atoms with Crippen molar-refractivity contribution in [2.24, 2.45) is 0 Å². The number of ether oxygens (including phenoxy) is 3. The first-order valence-electron chi connectivity index (χ1n) is 27.0. The van der Waals surface area contributed by atoms with E-state index in [1.807, 2.05) is 54.7 Å². The largest absolute Gasteiger partial charge is 0.462 e. The first-order valence-corrected chi connectivity index (χ1v) is 27.0. The Morgan fingerprint density at radius 2 is 0.641 bits per heavy atom. The molecular weight excluding hydrogens is 793 g/mol. The number of hydrogen-bond donors (Lipinski definition) is 0. The molecule has 0 spiro atoms. The molecule has 0 N–H and O–H groups in total. The molecule has 0 heterocycles. The fraction of sp³-hybridized carbons (Fsp3) is 0.741. The molecule has 0 aromatic carbocycles.